The van der Waals surface area contributed by atoms with Gasteiger partial charge in [-0.3, -0.25) is 4.79 Å². The molecular formula is C16H17FN4O2. The van der Waals surface area contributed by atoms with E-state index in [9.17, 15) is 9.18 Å². The second-order valence-electron chi connectivity index (χ2n) is 6.11. The lowest BCUT2D eigenvalue weighted by molar-refractivity contribution is -0.0605. The van der Waals surface area contributed by atoms with E-state index in [1.807, 2.05) is 4.68 Å². The van der Waals surface area contributed by atoms with Crippen LogP contribution in [0.4, 0.5) is 4.39 Å². The Morgan fingerprint density at radius 1 is 1.43 bits per heavy atom. The third kappa shape index (κ3) is 2.41. The van der Waals surface area contributed by atoms with Crippen molar-refractivity contribution in [2.75, 3.05) is 13.1 Å². The minimum atomic E-state index is -0.474. The van der Waals surface area contributed by atoms with Gasteiger partial charge in [-0.15, -0.1) is 5.10 Å². The van der Waals surface area contributed by atoms with E-state index in [1.54, 1.807) is 30.2 Å². The van der Waals surface area contributed by atoms with Crippen molar-refractivity contribution in [2.24, 2.45) is 0 Å². The van der Waals surface area contributed by atoms with E-state index in [0.29, 0.717) is 26.1 Å². The highest BCUT2D eigenvalue weighted by atomic mass is 19.1. The number of rotatable bonds is 1. The Morgan fingerprint density at radius 3 is 3.13 bits per heavy atom. The van der Waals surface area contributed by atoms with E-state index in [2.05, 4.69) is 10.3 Å². The van der Waals surface area contributed by atoms with Gasteiger partial charge in [0.05, 0.1) is 36.2 Å². The van der Waals surface area contributed by atoms with Gasteiger partial charge in [0.25, 0.3) is 5.91 Å². The Labute approximate surface area is 132 Å². The minimum absolute atomic E-state index is 0.0242. The Balaban J connectivity index is 1.59. The van der Waals surface area contributed by atoms with E-state index in [4.69, 9.17) is 4.74 Å². The fourth-order valence-electron chi connectivity index (χ4n) is 3.33. The Hall–Kier alpha value is -2.28. The van der Waals surface area contributed by atoms with Gasteiger partial charge in [-0.25, -0.2) is 9.07 Å². The maximum atomic E-state index is 14.1. The summed E-state index contributed by atoms with van der Waals surface area (Å²) in [5, 5.41) is 8.03. The molecule has 120 valence electrons. The van der Waals surface area contributed by atoms with Gasteiger partial charge in [-0.05, 0) is 31.0 Å². The summed E-state index contributed by atoms with van der Waals surface area (Å²) in [4.78, 5) is 14.3. The number of aryl methyl sites for hydroxylation is 1. The molecule has 1 aromatic carbocycles. The van der Waals surface area contributed by atoms with E-state index in [1.165, 1.54) is 6.07 Å². The van der Waals surface area contributed by atoms with E-state index >= 15 is 0 Å². The number of carbonyl (C=O) groups is 1. The van der Waals surface area contributed by atoms with Crippen LogP contribution in [-0.4, -0.2) is 45.0 Å². The highest BCUT2D eigenvalue weighted by molar-refractivity contribution is 5.94. The van der Waals surface area contributed by atoms with Gasteiger partial charge in [-0.2, -0.15) is 0 Å². The predicted octanol–water partition coefficient (Wildman–Crippen LogP) is 1.71. The van der Waals surface area contributed by atoms with Crippen LogP contribution >= 0.6 is 0 Å². The summed E-state index contributed by atoms with van der Waals surface area (Å²) in [6, 6.07) is 4.63. The zero-order valence-corrected chi connectivity index (χ0v) is 12.8. The molecule has 2 atom stereocenters. The standard InChI is InChI=1S/C16H17FN4O2/c1-10-2-3-12(13(17)6-10)16(22)20-5-4-15-14(8-20)21-11(9-23-15)7-18-19-21/h2-3,6-7,14-15H,4-5,8-9H2,1H3/t14-,15+/m1/s1. The summed E-state index contributed by atoms with van der Waals surface area (Å²) in [5.74, 6) is -0.758. The number of ether oxygens (including phenoxy) is 1. The van der Waals surface area contributed by atoms with Gasteiger partial charge >= 0.3 is 0 Å². The normalized spacial score (nSPS) is 23.3. The van der Waals surface area contributed by atoms with Crippen LogP contribution in [0.15, 0.2) is 24.4 Å². The second kappa shape index (κ2) is 5.42. The van der Waals surface area contributed by atoms with Crippen LogP contribution in [0.25, 0.3) is 0 Å². The van der Waals surface area contributed by atoms with Gasteiger partial charge in [0, 0.05) is 13.1 Å². The summed E-state index contributed by atoms with van der Waals surface area (Å²) in [6.45, 7) is 3.30. The molecule has 2 aromatic rings. The molecule has 3 heterocycles. The molecule has 23 heavy (non-hydrogen) atoms. The van der Waals surface area contributed by atoms with Gasteiger partial charge in [0.1, 0.15) is 5.82 Å². The fourth-order valence-corrected chi connectivity index (χ4v) is 3.33. The largest absolute Gasteiger partial charge is 0.370 e. The molecule has 2 aliphatic rings. The van der Waals surface area contributed by atoms with Crippen molar-refractivity contribution in [3.63, 3.8) is 0 Å². The average Bonchev–Trinajstić information content (AvgIpc) is 3.03. The smallest absolute Gasteiger partial charge is 0.256 e. The van der Waals surface area contributed by atoms with Crippen LogP contribution in [0.1, 0.15) is 34.1 Å². The summed E-state index contributed by atoms with van der Waals surface area (Å²) < 4.78 is 21.7. The van der Waals surface area contributed by atoms with Gasteiger partial charge in [0.2, 0.25) is 0 Å². The first kappa shape index (κ1) is 14.3. The molecule has 1 amide bonds. The van der Waals surface area contributed by atoms with E-state index < -0.39 is 5.82 Å². The maximum absolute atomic E-state index is 14.1. The molecule has 7 heteroatoms. The van der Waals surface area contributed by atoms with Crippen LogP contribution in [0, 0.1) is 12.7 Å². The number of aromatic nitrogens is 3. The zero-order chi connectivity index (χ0) is 16.0. The molecule has 1 aromatic heterocycles. The third-order valence-corrected chi connectivity index (χ3v) is 4.57. The van der Waals surface area contributed by atoms with Crippen molar-refractivity contribution in [3.8, 4) is 0 Å². The second-order valence-corrected chi connectivity index (χ2v) is 6.11. The molecule has 1 fully saturated rings. The lowest BCUT2D eigenvalue weighted by Crippen LogP contribution is -2.50. The number of fused-ring (bicyclic) bond motifs is 3. The SMILES string of the molecule is Cc1ccc(C(=O)N2CC[C@@H]3OCc4cnnn4[C@@H]3C2)c(F)c1. The first-order chi connectivity index (χ1) is 11.1. The quantitative estimate of drug-likeness (QED) is 0.803. The van der Waals surface area contributed by atoms with Crippen molar-refractivity contribution in [1.82, 2.24) is 19.9 Å². The van der Waals surface area contributed by atoms with Crippen LogP contribution < -0.4 is 0 Å². The van der Waals surface area contributed by atoms with Crippen LogP contribution in [0.2, 0.25) is 0 Å². The van der Waals surface area contributed by atoms with Gasteiger partial charge < -0.3 is 9.64 Å². The average molecular weight is 316 g/mol. The van der Waals surface area contributed by atoms with Crippen molar-refractivity contribution in [2.45, 2.75) is 32.1 Å². The molecule has 0 aliphatic carbocycles. The molecule has 0 radical (unpaired) electrons. The van der Waals surface area contributed by atoms with Crippen molar-refractivity contribution in [1.29, 1.82) is 0 Å². The number of halogens is 1. The van der Waals surface area contributed by atoms with Crippen molar-refractivity contribution >= 4 is 5.91 Å². The van der Waals surface area contributed by atoms with Crippen LogP contribution in [-0.2, 0) is 11.3 Å². The molecule has 6 nitrogen and oxygen atoms in total. The highest BCUT2D eigenvalue weighted by Gasteiger charge is 2.38. The van der Waals surface area contributed by atoms with Crippen LogP contribution in [0.5, 0.6) is 0 Å². The fraction of sp³-hybridized carbons (Fsp3) is 0.438. The first-order valence-electron chi connectivity index (χ1n) is 7.69. The lowest BCUT2D eigenvalue weighted by Gasteiger charge is -2.41. The monoisotopic (exact) mass is 316 g/mol. The number of carbonyl (C=O) groups excluding carboxylic acids is 1. The molecule has 2 aliphatic heterocycles. The Kier molecular flexibility index (Phi) is 3.37. The molecule has 0 saturated carbocycles. The Morgan fingerprint density at radius 2 is 2.30 bits per heavy atom. The predicted molar refractivity (Wildman–Crippen MR) is 79.3 cm³/mol. The molecule has 0 bridgehead atoms. The van der Waals surface area contributed by atoms with Gasteiger partial charge in [0.15, 0.2) is 0 Å². The van der Waals surface area contributed by atoms with E-state index in [0.717, 1.165) is 11.3 Å². The molecule has 0 N–H and O–H groups in total. The minimum Gasteiger partial charge on any atom is -0.370 e. The number of likely N-dealkylation sites (tertiary alicyclic amines) is 1. The summed E-state index contributed by atoms with van der Waals surface area (Å²) in [7, 11) is 0. The number of nitrogens with zero attached hydrogens (tertiary/aromatic N) is 4. The summed E-state index contributed by atoms with van der Waals surface area (Å²) >= 11 is 0. The summed E-state index contributed by atoms with van der Waals surface area (Å²) in [5.41, 5.74) is 1.82. The van der Waals surface area contributed by atoms with Crippen molar-refractivity contribution < 1.29 is 13.9 Å². The number of piperidine rings is 1. The number of amides is 1. The molecule has 4 rings (SSSR count). The Bertz CT molecular complexity index is 760. The number of benzene rings is 1. The first-order valence-corrected chi connectivity index (χ1v) is 7.69. The molecule has 0 unspecified atom stereocenters. The lowest BCUT2D eigenvalue weighted by atomic mass is 9.99. The summed E-state index contributed by atoms with van der Waals surface area (Å²) in [6.07, 6.45) is 2.41. The molecule has 1 saturated heterocycles. The highest BCUT2D eigenvalue weighted by Crippen LogP contribution is 2.30. The van der Waals surface area contributed by atoms with Crippen LogP contribution in [0.3, 0.4) is 0 Å². The zero-order valence-electron chi connectivity index (χ0n) is 12.8. The maximum Gasteiger partial charge on any atom is 0.256 e. The molecule has 0 spiro atoms. The number of hydrogen-bond donors (Lipinski definition) is 0. The topological polar surface area (TPSA) is 60.3 Å². The van der Waals surface area contributed by atoms with Gasteiger partial charge in [-0.1, -0.05) is 11.3 Å². The molecular weight excluding hydrogens is 299 g/mol. The number of hydrogen-bond acceptors (Lipinski definition) is 4. The third-order valence-electron chi connectivity index (χ3n) is 4.57. The van der Waals surface area contributed by atoms with Crippen molar-refractivity contribution in [3.05, 3.63) is 47.0 Å². The van der Waals surface area contributed by atoms with E-state index in [-0.39, 0.29) is 23.6 Å².